The van der Waals surface area contributed by atoms with E-state index < -0.39 is 11.4 Å². The molecule has 104 valence electrons. The summed E-state index contributed by atoms with van der Waals surface area (Å²) in [6, 6.07) is 16.7. The van der Waals surface area contributed by atoms with Crippen LogP contribution in [0.5, 0.6) is 11.5 Å². The van der Waals surface area contributed by atoms with Crippen molar-refractivity contribution in [3.8, 4) is 11.5 Å². The molecule has 0 aromatic heterocycles. The predicted octanol–water partition coefficient (Wildman–Crippen LogP) is 4.23. The molecule has 0 fully saturated rings. The minimum atomic E-state index is -0.893. The lowest BCUT2D eigenvalue weighted by Gasteiger charge is -2.24. The predicted molar refractivity (Wildman–Crippen MR) is 78.2 cm³/mol. The first-order valence-electron chi connectivity index (χ1n) is 6.63. The molecule has 20 heavy (non-hydrogen) atoms. The Morgan fingerprint density at radius 3 is 2.35 bits per heavy atom. The van der Waals surface area contributed by atoms with Crippen molar-refractivity contribution in [2.75, 3.05) is 0 Å². The molecule has 2 rings (SSSR count). The molecule has 1 atom stereocenters. The van der Waals surface area contributed by atoms with E-state index in [-0.39, 0.29) is 0 Å². The standard InChI is InChI=1S/C17H18O3/c1-3-17(2,16(18)19)13-8-7-11-15(12-13)20-14-9-5-4-6-10-14/h4-12H,3H2,1-2H3,(H,18,19). The van der Waals surface area contributed by atoms with Gasteiger partial charge in [0.25, 0.3) is 0 Å². The Morgan fingerprint density at radius 1 is 1.10 bits per heavy atom. The van der Waals surface area contributed by atoms with Crippen molar-refractivity contribution in [1.29, 1.82) is 0 Å². The van der Waals surface area contributed by atoms with Gasteiger partial charge < -0.3 is 9.84 Å². The van der Waals surface area contributed by atoms with Crippen LogP contribution >= 0.6 is 0 Å². The summed E-state index contributed by atoms with van der Waals surface area (Å²) in [6.07, 6.45) is 0.525. The average molecular weight is 270 g/mol. The summed E-state index contributed by atoms with van der Waals surface area (Å²) in [6.45, 7) is 3.61. The van der Waals surface area contributed by atoms with E-state index in [1.54, 1.807) is 13.0 Å². The van der Waals surface area contributed by atoms with Gasteiger partial charge in [0.2, 0.25) is 0 Å². The number of rotatable bonds is 5. The third-order valence-electron chi connectivity index (χ3n) is 3.63. The molecular formula is C17H18O3. The van der Waals surface area contributed by atoms with Crippen LogP contribution < -0.4 is 4.74 Å². The zero-order valence-electron chi connectivity index (χ0n) is 11.7. The van der Waals surface area contributed by atoms with Crippen LogP contribution in [0.4, 0.5) is 0 Å². The van der Waals surface area contributed by atoms with Crippen LogP contribution in [-0.4, -0.2) is 11.1 Å². The van der Waals surface area contributed by atoms with Gasteiger partial charge in [0.15, 0.2) is 0 Å². The van der Waals surface area contributed by atoms with Gasteiger partial charge in [-0.1, -0.05) is 37.3 Å². The summed E-state index contributed by atoms with van der Waals surface area (Å²) in [7, 11) is 0. The quantitative estimate of drug-likeness (QED) is 0.884. The molecule has 0 spiro atoms. The summed E-state index contributed by atoms with van der Waals surface area (Å²) in [4.78, 5) is 11.5. The Morgan fingerprint density at radius 2 is 1.75 bits per heavy atom. The second-order valence-corrected chi connectivity index (χ2v) is 4.93. The van der Waals surface area contributed by atoms with E-state index in [0.717, 1.165) is 11.3 Å². The Hall–Kier alpha value is -2.29. The number of benzene rings is 2. The van der Waals surface area contributed by atoms with E-state index >= 15 is 0 Å². The van der Waals surface area contributed by atoms with Crippen LogP contribution in [0.3, 0.4) is 0 Å². The molecule has 0 amide bonds. The first kappa shape index (κ1) is 14.1. The summed E-state index contributed by atoms with van der Waals surface area (Å²) < 4.78 is 5.75. The molecule has 3 heteroatoms. The average Bonchev–Trinajstić information content (AvgIpc) is 2.47. The van der Waals surface area contributed by atoms with Crippen molar-refractivity contribution in [2.24, 2.45) is 0 Å². The Labute approximate surface area is 118 Å². The highest BCUT2D eigenvalue weighted by Gasteiger charge is 2.33. The minimum Gasteiger partial charge on any atom is -0.481 e. The maximum absolute atomic E-state index is 11.5. The van der Waals surface area contributed by atoms with Gasteiger partial charge in [0.05, 0.1) is 5.41 Å². The van der Waals surface area contributed by atoms with E-state index in [0.29, 0.717) is 12.2 Å². The van der Waals surface area contributed by atoms with Crippen molar-refractivity contribution in [1.82, 2.24) is 0 Å². The molecule has 1 N–H and O–H groups in total. The number of carboxylic acid groups (broad SMARTS) is 1. The summed E-state index contributed by atoms with van der Waals surface area (Å²) >= 11 is 0. The number of carboxylic acids is 1. The SMILES string of the molecule is CCC(C)(C(=O)O)c1cccc(Oc2ccccc2)c1. The highest BCUT2D eigenvalue weighted by Crippen LogP contribution is 2.31. The number of hydrogen-bond donors (Lipinski definition) is 1. The minimum absolute atomic E-state index is 0.525. The van der Waals surface area contributed by atoms with Gasteiger partial charge >= 0.3 is 5.97 Å². The zero-order chi connectivity index (χ0) is 14.6. The molecule has 0 aliphatic carbocycles. The summed E-state index contributed by atoms with van der Waals surface area (Å²) in [5, 5.41) is 9.43. The maximum Gasteiger partial charge on any atom is 0.313 e. The zero-order valence-corrected chi connectivity index (χ0v) is 11.7. The van der Waals surface area contributed by atoms with Crippen molar-refractivity contribution in [3.05, 3.63) is 60.2 Å². The number of hydrogen-bond acceptors (Lipinski definition) is 2. The van der Waals surface area contributed by atoms with E-state index in [1.165, 1.54) is 0 Å². The second-order valence-electron chi connectivity index (χ2n) is 4.93. The fourth-order valence-corrected chi connectivity index (χ4v) is 2.01. The largest absolute Gasteiger partial charge is 0.481 e. The third-order valence-corrected chi connectivity index (χ3v) is 3.63. The highest BCUT2D eigenvalue weighted by molar-refractivity contribution is 5.80. The van der Waals surface area contributed by atoms with Crippen LogP contribution in [0.2, 0.25) is 0 Å². The lowest BCUT2D eigenvalue weighted by Crippen LogP contribution is -2.31. The number of aliphatic carboxylic acids is 1. The third kappa shape index (κ3) is 2.82. The number of carbonyl (C=O) groups is 1. The molecule has 0 aliphatic rings. The lowest BCUT2D eigenvalue weighted by atomic mass is 9.80. The van der Waals surface area contributed by atoms with Gasteiger partial charge in [0, 0.05) is 0 Å². The van der Waals surface area contributed by atoms with Gasteiger partial charge in [-0.25, -0.2) is 0 Å². The van der Waals surface area contributed by atoms with Gasteiger partial charge in [-0.3, -0.25) is 4.79 Å². The molecule has 2 aromatic carbocycles. The number of para-hydroxylation sites is 1. The first-order chi connectivity index (χ1) is 9.56. The van der Waals surface area contributed by atoms with E-state index in [1.807, 2.05) is 55.5 Å². The molecule has 0 saturated heterocycles. The normalized spacial score (nSPS) is 13.5. The van der Waals surface area contributed by atoms with Gasteiger partial charge in [-0.05, 0) is 43.2 Å². The van der Waals surface area contributed by atoms with Crippen molar-refractivity contribution in [3.63, 3.8) is 0 Å². The van der Waals surface area contributed by atoms with Crippen LogP contribution in [0.25, 0.3) is 0 Å². The first-order valence-corrected chi connectivity index (χ1v) is 6.63. The van der Waals surface area contributed by atoms with Crippen LogP contribution in [0.15, 0.2) is 54.6 Å². The fraction of sp³-hybridized carbons (Fsp3) is 0.235. The molecule has 0 radical (unpaired) electrons. The van der Waals surface area contributed by atoms with Crippen molar-refractivity contribution in [2.45, 2.75) is 25.7 Å². The molecule has 0 bridgehead atoms. The molecular weight excluding hydrogens is 252 g/mol. The van der Waals surface area contributed by atoms with Gasteiger partial charge in [0.1, 0.15) is 11.5 Å². The fourth-order valence-electron chi connectivity index (χ4n) is 2.01. The molecule has 3 nitrogen and oxygen atoms in total. The molecule has 0 aliphatic heterocycles. The summed E-state index contributed by atoms with van der Waals surface area (Å²) in [5.41, 5.74) is -0.142. The van der Waals surface area contributed by atoms with Gasteiger partial charge in [-0.2, -0.15) is 0 Å². The van der Waals surface area contributed by atoms with Crippen LogP contribution in [0, 0.1) is 0 Å². The van der Waals surface area contributed by atoms with Crippen LogP contribution in [-0.2, 0) is 10.2 Å². The van der Waals surface area contributed by atoms with E-state index in [9.17, 15) is 9.90 Å². The summed E-state index contributed by atoms with van der Waals surface area (Å²) in [5.74, 6) is 0.560. The van der Waals surface area contributed by atoms with E-state index in [2.05, 4.69) is 0 Å². The molecule has 2 aromatic rings. The Balaban J connectivity index is 2.31. The smallest absolute Gasteiger partial charge is 0.313 e. The Bertz CT molecular complexity index is 592. The maximum atomic E-state index is 11.5. The Kier molecular flexibility index (Phi) is 4.08. The van der Waals surface area contributed by atoms with Crippen LogP contribution in [0.1, 0.15) is 25.8 Å². The molecule has 0 saturated carbocycles. The lowest BCUT2D eigenvalue weighted by molar-refractivity contribution is -0.143. The van der Waals surface area contributed by atoms with Gasteiger partial charge in [-0.15, -0.1) is 0 Å². The second kappa shape index (κ2) is 5.78. The topological polar surface area (TPSA) is 46.5 Å². The van der Waals surface area contributed by atoms with Crippen molar-refractivity contribution < 1.29 is 14.6 Å². The highest BCUT2D eigenvalue weighted by atomic mass is 16.5. The molecule has 0 heterocycles. The van der Waals surface area contributed by atoms with E-state index in [4.69, 9.17) is 4.74 Å². The number of ether oxygens (including phenoxy) is 1. The van der Waals surface area contributed by atoms with Crippen molar-refractivity contribution >= 4 is 5.97 Å². The molecule has 1 unspecified atom stereocenters. The monoisotopic (exact) mass is 270 g/mol.